The zero-order valence-corrected chi connectivity index (χ0v) is 47.6. The Balaban J connectivity index is 0.793. The van der Waals surface area contributed by atoms with Gasteiger partial charge in [-0.1, -0.05) is 255 Å². The molecule has 0 N–H and O–H groups in total. The molecule has 88 heavy (non-hydrogen) atoms. The van der Waals surface area contributed by atoms with Crippen molar-refractivity contribution in [2.45, 2.75) is 10.8 Å². The van der Waals surface area contributed by atoms with E-state index >= 15 is 0 Å². The first-order valence-electron chi connectivity index (χ1n) is 30.0. The standard InChI is InChI=1S/C80H52N8/c1-5-27-53(28-6-1)79(54-29-7-2-8-30-54)63-39-17-21-43-69(63)85(70-44-22-18-40-64(70)79)67-51-49-61(57-35-13-15-37-59(57)67)75-81-83-77-78-84-82-76(88(78)74-48-26-25-47-73(74)87(75)77)62-50-52-68(60-38-16-14-36-58(60)62)86-71-45-23-19-41-65(71)80(55-31-9-3-10-32-55,56-33-11-4-12-34-56)66-42-20-24-46-72(66)86/h1-52H. The molecule has 0 aliphatic carbocycles. The van der Waals surface area contributed by atoms with Crippen LogP contribution in [0.3, 0.4) is 0 Å². The molecule has 0 amide bonds. The number of rotatable bonds is 8. The van der Waals surface area contributed by atoms with Gasteiger partial charge in [-0.2, -0.15) is 0 Å². The molecule has 0 radical (unpaired) electrons. The van der Waals surface area contributed by atoms with Crippen LogP contribution in [-0.2, 0) is 10.8 Å². The summed E-state index contributed by atoms with van der Waals surface area (Å²) >= 11 is 0. The molecule has 2 aliphatic rings. The van der Waals surface area contributed by atoms with Crippen LogP contribution in [0.4, 0.5) is 34.1 Å². The quantitative estimate of drug-likeness (QED) is 0.151. The third-order valence-corrected chi connectivity index (χ3v) is 18.7. The smallest absolute Gasteiger partial charge is 0.207 e. The highest BCUT2D eigenvalue weighted by Crippen LogP contribution is 2.60. The van der Waals surface area contributed by atoms with E-state index in [-0.39, 0.29) is 0 Å². The molecule has 0 saturated heterocycles. The van der Waals surface area contributed by atoms with Crippen LogP contribution >= 0.6 is 0 Å². The van der Waals surface area contributed by atoms with Crippen molar-refractivity contribution < 1.29 is 0 Å². The highest BCUT2D eigenvalue weighted by Gasteiger charge is 2.48. The highest BCUT2D eigenvalue weighted by atomic mass is 15.3. The third kappa shape index (κ3) is 6.85. The lowest BCUT2D eigenvalue weighted by atomic mass is 9.62. The summed E-state index contributed by atoms with van der Waals surface area (Å²) in [5, 5.41) is 24.6. The minimum absolute atomic E-state index is 0.583. The predicted molar refractivity (Wildman–Crippen MR) is 356 cm³/mol. The van der Waals surface area contributed by atoms with Gasteiger partial charge in [-0.25, -0.2) is 0 Å². The van der Waals surface area contributed by atoms with Gasteiger partial charge in [0.05, 0.1) is 56.0 Å². The van der Waals surface area contributed by atoms with Gasteiger partial charge in [-0.05, 0) is 116 Å². The minimum atomic E-state index is -0.583. The second-order valence-electron chi connectivity index (χ2n) is 22.9. The largest absolute Gasteiger partial charge is 0.309 e. The Morgan fingerprint density at radius 3 is 0.818 bits per heavy atom. The van der Waals surface area contributed by atoms with E-state index in [4.69, 9.17) is 20.4 Å². The number of anilines is 6. The molecule has 0 atom stereocenters. The number of nitrogens with zero attached hydrogens (tertiary/aromatic N) is 8. The molecule has 2 aliphatic heterocycles. The second kappa shape index (κ2) is 19.4. The fraction of sp³-hybridized carbons (Fsp3) is 0.0250. The number of hydrogen-bond donors (Lipinski definition) is 0. The summed E-state index contributed by atoms with van der Waals surface area (Å²) in [5.74, 6) is 1.43. The van der Waals surface area contributed by atoms with E-state index in [1.165, 1.54) is 44.5 Å². The van der Waals surface area contributed by atoms with Gasteiger partial charge in [-0.15, -0.1) is 20.4 Å². The molecule has 8 heteroatoms. The van der Waals surface area contributed by atoms with Crippen LogP contribution in [-0.4, -0.2) is 29.2 Å². The van der Waals surface area contributed by atoms with Crippen molar-refractivity contribution in [3.63, 3.8) is 0 Å². The average molecular weight is 1130 g/mol. The Kier molecular flexibility index (Phi) is 10.9. The highest BCUT2D eigenvalue weighted by molar-refractivity contribution is 6.09. The van der Waals surface area contributed by atoms with Crippen molar-refractivity contribution in [3.8, 4) is 22.8 Å². The normalized spacial score (nSPS) is 13.8. The Bertz CT molecular complexity index is 4910. The summed E-state index contributed by atoms with van der Waals surface area (Å²) in [6.45, 7) is 0. The fourth-order valence-electron chi connectivity index (χ4n) is 15.2. The van der Waals surface area contributed by atoms with Gasteiger partial charge in [0.25, 0.3) is 0 Å². The number of hydrogen-bond acceptors (Lipinski definition) is 6. The van der Waals surface area contributed by atoms with Crippen LogP contribution in [0.2, 0.25) is 0 Å². The topological polar surface area (TPSA) is 66.9 Å². The van der Waals surface area contributed by atoms with Gasteiger partial charge in [0.15, 0.2) is 11.6 Å². The van der Waals surface area contributed by atoms with E-state index in [9.17, 15) is 0 Å². The Morgan fingerprint density at radius 1 is 0.216 bits per heavy atom. The van der Waals surface area contributed by atoms with Crippen LogP contribution in [0.1, 0.15) is 44.5 Å². The first kappa shape index (κ1) is 49.7. The van der Waals surface area contributed by atoms with Crippen molar-refractivity contribution in [2.24, 2.45) is 0 Å². The minimum Gasteiger partial charge on any atom is -0.309 e. The van der Waals surface area contributed by atoms with E-state index < -0.39 is 10.8 Å². The van der Waals surface area contributed by atoms with Crippen LogP contribution in [0.5, 0.6) is 0 Å². The summed E-state index contributed by atoms with van der Waals surface area (Å²) in [7, 11) is 0. The van der Waals surface area contributed by atoms with Crippen LogP contribution in [0.25, 0.3) is 66.6 Å². The molecule has 5 heterocycles. The molecule has 0 fully saturated rings. The first-order chi connectivity index (χ1) is 43.7. The monoisotopic (exact) mass is 1120 g/mol. The molecule has 3 aromatic heterocycles. The van der Waals surface area contributed by atoms with E-state index in [0.717, 1.165) is 77.8 Å². The SMILES string of the molecule is c1ccc(C2(c3ccccc3)c3ccccc3N(c3ccc(-c4nnc5c6nnc(-c7ccc(N8c9ccccc9C(c9ccccc9)(c9ccccc9)c9ccccc98)c8ccccc78)n6c6ccccc6n45)c4ccccc34)c3ccccc32)cc1. The molecule has 0 spiro atoms. The Morgan fingerprint density at radius 2 is 0.489 bits per heavy atom. The van der Waals surface area contributed by atoms with Gasteiger partial charge < -0.3 is 9.80 Å². The average Bonchev–Trinajstić information content (AvgIpc) is 0.930. The van der Waals surface area contributed by atoms with E-state index in [1.807, 2.05) is 0 Å². The van der Waals surface area contributed by atoms with E-state index in [1.54, 1.807) is 0 Å². The maximum absolute atomic E-state index is 5.11. The molecule has 16 aromatic rings. The fourth-order valence-corrected chi connectivity index (χ4v) is 15.2. The molecule has 0 unspecified atom stereocenters. The van der Waals surface area contributed by atoms with E-state index in [2.05, 4.69) is 334 Å². The van der Waals surface area contributed by atoms with Crippen molar-refractivity contribution in [1.29, 1.82) is 0 Å². The lowest BCUT2D eigenvalue weighted by Crippen LogP contribution is -2.37. The molecule has 18 rings (SSSR count). The second-order valence-corrected chi connectivity index (χ2v) is 22.9. The molecule has 8 nitrogen and oxygen atoms in total. The van der Waals surface area contributed by atoms with Crippen molar-refractivity contribution in [3.05, 3.63) is 360 Å². The number of fused-ring (bicyclic) bond motifs is 12. The lowest BCUT2D eigenvalue weighted by molar-refractivity contribution is 0.731. The van der Waals surface area contributed by atoms with Gasteiger partial charge in [0.1, 0.15) is 0 Å². The Hall–Kier alpha value is -11.7. The van der Waals surface area contributed by atoms with Crippen LogP contribution < -0.4 is 9.80 Å². The lowest BCUT2D eigenvalue weighted by Gasteiger charge is -2.46. The van der Waals surface area contributed by atoms with Crippen molar-refractivity contribution >= 4 is 78.0 Å². The molecular weight excluding hydrogens is 1070 g/mol. The summed E-state index contributed by atoms with van der Waals surface area (Å²) in [5.41, 5.74) is 20.1. The first-order valence-corrected chi connectivity index (χ1v) is 30.0. The van der Waals surface area contributed by atoms with Gasteiger partial charge in [0, 0.05) is 21.9 Å². The van der Waals surface area contributed by atoms with Gasteiger partial charge in [0.2, 0.25) is 11.3 Å². The van der Waals surface area contributed by atoms with Crippen molar-refractivity contribution in [2.75, 3.05) is 9.80 Å². The molecule has 412 valence electrons. The third-order valence-electron chi connectivity index (χ3n) is 18.7. The van der Waals surface area contributed by atoms with E-state index in [0.29, 0.717) is 22.9 Å². The number of para-hydroxylation sites is 6. The summed E-state index contributed by atoms with van der Waals surface area (Å²) in [4.78, 5) is 4.92. The van der Waals surface area contributed by atoms with Gasteiger partial charge >= 0.3 is 0 Å². The predicted octanol–water partition coefficient (Wildman–Crippen LogP) is 18.9. The maximum Gasteiger partial charge on any atom is 0.207 e. The van der Waals surface area contributed by atoms with Crippen molar-refractivity contribution in [1.82, 2.24) is 29.2 Å². The van der Waals surface area contributed by atoms with Crippen LogP contribution in [0.15, 0.2) is 315 Å². The molecule has 0 saturated carbocycles. The summed E-state index contributed by atoms with van der Waals surface area (Å²) in [6, 6.07) is 114. The molecule has 0 bridgehead atoms. The molecular formula is C80H52N8. The molecule has 13 aromatic carbocycles. The maximum atomic E-state index is 5.11. The zero-order valence-electron chi connectivity index (χ0n) is 47.6. The summed E-state index contributed by atoms with van der Waals surface area (Å²) < 4.78 is 4.34. The van der Waals surface area contributed by atoms with Gasteiger partial charge in [-0.3, -0.25) is 8.80 Å². The van der Waals surface area contributed by atoms with Crippen LogP contribution in [0, 0.1) is 0 Å². The Labute approximate surface area is 507 Å². The number of benzene rings is 13. The summed E-state index contributed by atoms with van der Waals surface area (Å²) in [6.07, 6.45) is 0. The zero-order chi connectivity index (χ0) is 57.9. The number of aromatic nitrogens is 6.